The van der Waals surface area contributed by atoms with Gasteiger partial charge in [0.15, 0.2) is 0 Å². The molecular weight excluding hydrogens is 367 g/mol. The number of amides is 3. The number of carbonyl (C=O) groups is 2. The van der Waals surface area contributed by atoms with Crippen LogP contribution in [0.4, 0.5) is 4.79 Å². The Morgan fingerprint density at radius 2 is 1.76 bits per heavy atom. The number of nitrogens with one attached hydrogen (secondary N) is 1. The SMILES string of the molecule is CCC(Br)(CC)C(=O)NC(N)=O.CCCCOP(=O)(O)O. The normalized spacial score (nSPS) is 11.3. The zero-order chi connectivity index (χ0) is 17.1. The lowest BCUT2D eigenvalue weighted by atomic mass is 10.0. The van der Waals surface area contributed by atoms with Crippen LogP contribution in [0, 0.1) is 0 Å². The van der Waals surface area contributed by atoms with Crippen LogP contribution in [0.15, 0.2) is 0 Å². The molecule has 0 fully saturated rings. The van der Waals surface area contributed by atoms with Gasteiger partial charge < -0.3 is 15.5 Å². The number of imide groups is 1. The number of hydrogen-bond donors (Lipinski definition) is 4. The fourth-order valence-electron chi connectivity index (χ4n) is 1.12. The molecule has 0 aliphatic rings. The molecular formula is C11H24BrN2O6P. The predicted molar refractivity (Wildman–Crippen MR) is 82.9 cm³/mol. The van der Waals surface area contributed by atoms with E-state index in [0.717, 1.165) is 6.42 Å². The summed E-state index contributed by atoms with van der Waals surface area (Å²) in [5.74, 6) is -0.375. The fraction of sp³-hybridized carbons (Fsp3) is 0.818. The minimum absolute atomic E-state index is 0.140. The third kappa shape index (κ3) is 12.9. The number of hydrogen-bond acceptors (Lipinski definition) is 4. The fourth-order valence-corrected chi connectivity index (χ4v) is 1.59. The number of phosphoric ester groups is 1. The van der Waals surface area contributed by atoms with Crippen LogP contribution >= 0.6 is 23.8 Å². The largest absolute Gasteiger partial charge is 0.469 e. The van der Waals surface area contributed by atoms with E-state index in [9.17, 15) is 14.2 Å². The minimum Gasteiger partial charge on any atom is -0.351 e. The van der Waals surface area contributed by atoms with Gasteiger partial charge in [0.25, 0.3) is 0 Å². The van der Waals surface area contributed by atoms with Gasteiger partial charge in [-0.1, -0.05) is 43.1 Å². The lowest BCUT2D eigenvalue weighted by Gasteiger charge is -2.21. The molecule has 8 nitrogen and oxygen atoms in total. The van der Waals surface area contributed by atoms with Crippen molar-refractivity contribution < 1.29 is 28.5 Å². The number of rotatable bonds is 7. The maximum Gasteiger partial charge on any atom is 0.469 e. The third-order valence-electron chi connectivity index (χ3n) is 2.52. The zero-order valence-corrected chi connectivity index (χ0v) is 14.9. The van der Waals surface area contributed by atoms with Gasteiger partial charge in [0, 0.05) is 0 Å². The Kier molecular flexibility index (Phi) is 12.1. The number of primary amides is 1. The molecule has 0 aliphatic carbocycles. The van der Waals surface area contributed by atoms with E-state index in [1.165, 1.54) is 0 Å². The lowest BCUT2D eigenvalue weighted by molar-refractivity contribution is -0.122. The summed E-state index contributed by atoms with van der Waals surface area (Å²) in [7, 11) is -4.20. The second kappa shape index (κ2) is 11.1. The smallest absolute Gasteiger partial charge is 0.351 e. The van der Waals surface area contributed by atoms with Crippen LogP contribution in [0.1, 0.15) is 46.5 Å². The first-order valence-electron chi connectivity index (χ1n) is 6.52. The van der Waals surface area contributed by atoms with E-state index in [1.807, 2.05) is 26.1 Å². The Bertz CT molecular complexity index is 370. The van der Waals surface area contributed by atoms with Crippen molar-refractivity contribution >= 4 is 35.7 Å². The number of urea groups is 1. The molecule has 0 spiro atoms. The Labute approximate surface area is 133 Å². The van der Waals surface area contributed by atoms with Gasteiger partial charge in [0.2, 0.25) is 5.91 Å². The van der Waals surface area contributed by atoms with Crippen LogP contribution in [0.2, 0.25) is 0 Å². The zero-order valence-electron chi connectivity index (χ0n) is 12.5. The van der Waals surface area contributed by atoms with Crippen molar-refractivity contribution in [1.82, 2.24) is 5.32 Å². The van der Waals surface area contributed by atoms with E-state index < -0.39 is 18.2 Å². The molecule has 0 aromatic heterocycles. The van der Waals surface area contributed by atoms with Crippen LogP contribution in [0.25, 0.3) is 0 Å². The molecule has 0 aromatic rings. The molecule has 0 heterocycles. The average molecular weight is 391 g/mol. The summed E-state index contributed by atoms with van der Waals surface area (Å²) in [6.45, 7) is 5.78. The van der Waals surface area contributed by atoms with Gasteiger partial charge in [-0.05, 0) is 19.3 Å². The summed E-state index contributed by atoms with van der Waals surface area (Å²) in [4.78, 5) is 37.9. The number of nitrogens with two attached hydrogens (primary N) is 1. The highest BCUT2D eigenvalue weighted by molar-refractivity contribution is 9.10. The Balaban J connectivity index is 0. The minimum atomic E-state index is -4.20. The predicted octanol–water partition coefficient (Wildman–Crippen LogP) is 2.03. The van der Waals surface area contributed by atoms with Crippen molar-refractivity contribution in [3.05, 3.63) is 0 Å². The maximum absolute atomic E-state index is 11.3. The molecule has 0 aromatic carbocycles. The van der Waals surface area contributed by atoms with E-state index in [4.69, 9.17) is 15.5 Å². The molecule has 21 heavy (non-hydrogen) atoms. The van der Waals surface area contributed by atoms with Crippen molar-refractivity contribution in [1.29, 1.82) is 0 Å². The number of alkyl halides is 1. The molecule has 10 heteroatoms. The van der Waals surface area contributed by atoms with Gasteiger partial charge >= 0.3 is 13.9 Å². The average Bonchev–Trinajstić information content (AvgIpc) is 2.36. The van der Waals surface area contributed by atoms with E-state index >= 15 is 0 Å². The van der Waals surface area contributed by atoms with Crippen LogP contribution in [-0.4, -0.2) is 32.7 Å². The van der Waals surface area contributed by atoms with E-state index in [1.54, 1.807) is 0 Å². The Morgan fingerprint density at radius 1 is 1.29 bits per heavy atom. The summed E-state index contributed by atoms with van der Waals surface area (Å²) in [6.07, 6.45) is 2.79. The van der Waals surface area contributed by atoms with E-state index in [0.29, 0.717) is 19.3 Å². The molecule has 0 rings (SSSR count). The first-order valence-corrected chi connectivity index (χ1v) is 8.84. The molecule has 5 N–H and O–H groups in total. The molecule has 0 radical (unpaired) electrons. The molecule has 126 valence electrons. The summed E-state index contributed by atoms with van der Waals surface area (Å²) in [6, 6.07) is -0.814. The van der Waals surface area contributed by atoms with Crippen molar-refractivity contribution in [2.75, 3.05) is 6.61 Å². The number of halogens is 1. The van der Waals surface area contributed by atoms with Gasteiger partial charge in [-0.15, -0.1) is 0 Å². The number of carbonyl (C=O) groups excluding carboxylic acids is 2. The second-order valence-corrected chi connectivity index (χ2v) is 6.93. The van der Waals surface area contributed by atoms with Crippen molar-refractivity contribution in [2.45, 2.75) is 50.8 Å². The third-order valence-corrected chi connectivity index (χ3v) is 4.52. The Hall–Kier alpha value is -0.470. The summed E-state index contributed by atoms with van der Waals surface area (Å²) >= 11 is 3.26. The van der Waals surface area contributed by atoms with Crippen molar-refractivity contribution in [3.63, 3.8) is 0 Å². The molecule has 0 atom stereocenters. The quantitative estimate of drug-likeness (QED) is 0.298. The molecule has 3 amide bonds. The highest BCUT2D eigenvalue weighted by Gasteiger charge is 2.32. The van der Waals surface area contributed by atoms with Crippen molar-refractivity contribution in [3.8, 4) is 0 Å². The van der Waals surface area contributed by atoms with Gasteiger partial charge in [-0.3, -0.25) is 14.6 Å². The second-order valence-electron chi connectivity index (χ2n) is 4.17. The van der Waals surface area contributed by atoms with Crippen LogP contribution < -0.4 is 11.1 Å². The highest BCUT2D eigenvalue weighted by atomic mass is 79.9. The van der Waals surface area contributed by atoms with Gasteiger partial charge in [-0.2, -0.15) is 0 Å². The van der Waals surface area contributed by atoms with Gasteiger partial charge in [-0.25, -0.2) is 9.36 Å². The number of unbranched alkanes of at least 4 members (excludes halogenated alkanes) is 1. The first-order chi connectivity index (χ1) is 9.52. The number of phosphoric acid groups is 1. The topological polar surface area (TPSA) is 139 Å². The molecule has 0 saturated heterocycles. The highest BCUT2D eigenvalue weighted by Crippen LogP contribution is 2.35. The lowest BCUT2D eigenvalue weighted by Crippen LogP contribution is -2.46. The van der Waals surface area contributed by atoms with Gasteiger partial charge in [0.05, 0.1) is 6.61 Å². The Morgan fingerprint density at radius 3 is 2.05 bits per heavy atom. The summed E-state index contributed by atoms with van der Waals surface area (Å²) in [5.41, 5.74) is 4.81. The monoisotopic (exact) mass is 390 g/mol. The maximum atomic E-state index is 11.3. The standard InChI is InChI=1S/C7H13BrN2O2.C4H11O4P/c1-3-7(8,4-2)5(11)10-6(9)12;1-2-3-4-8-9(5,6)7/h3-4H2,1-2H3,(H3,9,10,11,12);2-4H2,1H3,(H2,5,6,7). The van der Waals surface area contributed by atoms with Crippen LogP contribution in [0.3, 0.4) is 0 Å². The van der Waals surface area contributed by atoms with Crippen LogP contribution in [0.5, 0.6) is 0 Å². The molecule has 0 bridgehead atoms. The van der Waals surface area contributed by atoms with E-state index in [2.05, 4.69) is 20.5 Å². The summed E-state index contributed by atoms with van der Waals surface area (Å²) < 4.78 is 13.5. The molecule has 0 saturated carbocycles. The first kappa shape index (κ1) is 22.8. The van der Waals surface area contributed by atoms with Gasteiger partial charge in [0.1, 0.15) is 4.32 Å². The van der Waals surface area contributed by atoms with Crippen LogP contribution in [-0.2, 0) is 13.9 Å². The molecule has 0 unspecified atom stereocenters. The van der Waals surface area contributed by atoms with E-state index in [-0.39, 0.29) is 12.5 Å². The molecule has 0 aliphatic heterocycles. The van der Waals surface area contributed by atoms with Crippen molar-refractivity contribution in [2.24, 2.45) is 5.73 Å². The summed E-state index contributed by atoms with van der Waals surface area (Å²) in [5, 5.41) is 2.04.